The van der Waals surface area contributed by atoms with Gasteiger partial charge in [-0.15, -0.1) is 0 Å². The first-order valence-corrected chi connectivity index (χ1v) is 15.8. The Bertz CT molecular complexity index is 1070. The van der Waals surface area contributed by atoms with Gasteiger partial charge in [-0.1, -0.05) is 13.0 Å². The molecule has 0 bridgehead atoms. The number of benzene rings is 1. The zero-order chi connectivity index (χ0) is 28.8. The second-order valence-corrected chi connectivity index (χ2v) is 14.0. The Labute approximate surface area is 230 Å². The van der Waals surface area contributed by atoms with Crippen molar-refractivity contribution in [3.05, 3.63) is 29.3 Å². The Hall–Kier alpha value is -1.86. The quantitative estimate of drug-likeness (QED) is 0.309. The van der Waals surface area contributed by atoms with E-state index in [1.807, 2.05) is 39.5 Å². The summed E-state index contributed by atoms with van der Waals surface area (Å²) in [5, 5.41) is 27.6. The summed E-state index contributed by atoms with van der Waals surface area (Å²) in [5.74, 6) is 1.41. The normalized spacial score (nSPS) is 23.4. The van der Waals surface area contributed by atoms with E-state index < -0.39 is 22.3 Å². The van der Waals surface area contributed by atoms with Crippen molar-refractivity contribution in [3.63, 3.8) is 0 Å². The fraction of sp³-hybridized carbons (Fsp3) is 0.692. The highest BCUT2D eigenvalue weighted by atomic mass is 32.2. The lowest BCUT2D eigenvalue weighted by molar-refractivity contribution is -0.130. The first kappa shape index (κ1) is 32.4. The Morgan fingerprint density at radius 1 is 1.26 bits per heavy atom. The minimum Gasteiger partial charge on any atom is -0.508 e. The van der Waals surface area contributed by atoms with Crippen molar-refractivity contribution in [3.8, 4) is 5.75 Å². The molecule has 5 N–H and O–H groups in total. The van der Waals surface area contributed by atoms with Crippen LogP contribution < -0.4 is 10.6 Å². The lowest BCUT2D eigenvalue weighted by atomic mass is 9.89. The zero-order valence-electron chi connectivity index (χ0n) is 23.1. The van der Waals surface area contributed by atoms with Crippen molar-refractivity contribution in [2.45, 2.75) is 82.9 Å². The number of aromatic hydroxyl groups is 1. The van der Waals surface area contributed by atoms with Gasteiger partial charge in [-0.3, -0.25) is 19.0 Å². The summed E-state index contributed by atoms with van der Waals surface area (Å²) < 4.78 is 25.9. The summed E-state index contributed by atoms with van der Waals surface area (Å²) in [7, 11) is -3.67. The molecule has 0 aromatic heterocycles. The molecule has 2 unspecified atom stereocenters. The number of nitrogens with zero attached hydrogens (tertiary/aromatic N) is 1. The lowest BCUT2D eigenvalue weighted by Gasteiger charge is -2.43. The highest BCUT2D eigenvalue weighted by molar-refractivity contribution is 8.00. The molecule has 3 rings (SSSR count). The number of phenols is 1. The van der Waals surface area contributed by atoms with Crippen LogP contribution in [0.1, 0.15) is 62.9 Å². The summed E-state index contributed by atoms with van der Waals surface area (Å²) >= 11 is 1.96. The van der Waals surface area contributed by atoms with Crippen LogP contribution in [0.25, 0.3) is 0 Å². The molecule has 2 fully saturated rings. The fourth-order valence-electron chi connectivity index (χ4n) is 4.84. The summed E-state index contributed by atoms with van der Waals surface area (Å²) in [4.78, 5) is 28.1. The summed E-state index contributed by atoms with van der Waals surface area (Å²) in [6.07, 6.45) is 2.38. The predicted octanol–water partition coefficient (Wildman–Crippen LogP) is 2.18. The van der Waals surface area contributed by atoms with Crippen LogP contribution in [0, 0.1) is 12.8 Å². The maximum atomic E-state index is 13.1. The zero-order valence-corrected chi connectivity index (χ0v) is 24.7. The molecule has 12 heteroatoms. The molecule has 2 saturated heterocycles. The van der Waals surface area contributed by atoms with E-state index >= 15 is 0 Å². The topological polar surface area (TPSA) is 156 Å². The first-order chi connectivity index (χ1) is 17.5. The van der Waals surface area contributed by atoms with Crippen molar-refractivity contribution in [1.29, 1.82) is 0 Å². The van der Waals surface area contributed by atoms with E-state index in [2.05, 4.69) is 15.5 Å². The van der Waals surface area contributed by atoms with E-state index in [4.69, 9.17) is 4.55 Å². The van der Waals surface area contributed by atoms with Crippen LogP contribution >= 0.6 is 11.8 Å². The molecule has 0 spiro atoms. The number of rotatable bonds is 7. The van der Waals surface area contributed by atoms with Crippen molar-refractivity contribution in [2.75, 3.05) is 25.1 Å². The van der Waals surface area contributed by atoms with E-state index in [1.165, 1.54) is 0 Å². The maximum absolute atomic E-state index is 13.1. The van der Waals surface area contributed by atoms with Gasteiger partial charge in [-0.2, -0.15) is 20.2 Å². The SMILES string of the molecule is CCC(NC(=O)c1cccc(O)c1C)C(O)CN1C[C@H]2CCS[C@H]2C[C@H]1C(=O)NC(C)(C)C.CS(=O)(=O)O. The van der Waals surface area contributed by atoms with E-state index in [0.29, 0.717) is 41.5 Å². The molecular weight excluding hydrogens is 530 g/mol. The Kier molecular flexibility index (Phi) is 11.5. The standard InChI is InChI=1S/C25H39N3O4S.CH4O3S/c1-6-18(26-23(31)17-8-7-9-20(29)15(17)2)21(30)14-28-13-16-10-11-33-22(16)12-19(28)24(32)27-25(3,4)5;1-5(2,3)4/h7-9,16,18-19,21-22,29-30H,6,10-14H2,1-5H3,(H,26,31)(H,27,32);1H3,(H,2,3,4)/t16-,18?,19+,21?,22+;/m1./s1. The number of phenolic OH excluding ortho intramolecular Hbond substituents is 1. The molecule has 216 valence electrons. The molecule has 2 heterocycles. The largest absolute Gasteiger partial charge is 0.508 e. The van der Waals surface area contributed by atoms with Gasteiger partial charge in [0.2, 0.25) is 5.91 Å². The number of carbonyl (C=O) groups is 2. The van der Waals surface area contributed by atoms with Gasteiger partial charge in [0, 0.05) is 35.0 Å². The molecular formula is C26H43N3O7S2. The molecule has 10 nitrogen and oxygen atoms in total. The van der Waals surface area contributed by atoms with E-state index in [1.54, 1.807) is 25.1 Å². The monoisotopic (exact) mass is 573 g/mol. The van der Waals surface area contributed by atoms with Crippen LogP contribution in [0.15, 0.2) is 18.2 Å². The summed E-state index contributed by atoms with van der Waals surface area (Å²) in [6, 6.07) is 4.11. The van der Waals surface area contributed by atoms with E-state index in [-0.39, 0.29) is 29.1 Å². The van der Waals surface area contributed by atoms with Crippen LogP contribution in [-0.4, -0.2) is 94.0 Å². The number of hydrogen-bond acceptors (Lipinski definition) is 8. The number of thioether (sulfide) groups is 1. The highest BCUT2D eigenvalue weighted by Crippen LogP contribution is 2.40. The molecule has 0 radical (unpaired) electrons. The third kappa shape index (κ3) is 10.0. The van der Waals surface area contributed by atoms with Gasteiger partial charge in [0.25, 0.3) is 16.0 Å². The average Bonchev–Trinajstić information content (AvgIpc) is 3.23. The Morgan fingerprint density at radius 3 is 2.47 bits per heavy atom. The van der Waals surface area contributed by atoms with Crippen LogP contribution in [0.3, 0.4) is 0 Å². The van der Waals surface area contributed by atoms with Crippen LogP contribution in [-0.2, 0) is 14.9 Å². The van der Waals surface area contributed by atoms with E-state index in [0.717, 1.165) is 25.1 Å². The number of aliphatic hydroxyl groups excluding tert-OH is 1. The average molecular weight is 574 g/mol. The Morgan fingerprint density at radius 2 is 1.89 bits per heavy atom. The van der Waals surface area contributed by atoms with Gasteiger partial charge in [-0.05, 0) is 70.8 Å². The molecule has 0 saturated carbocycles. The van der Waals surface area contributed by atoms with Crippen molar-refractivity contribution < 1.29 is 32.8 Å². The summed E-state index contributed by atoms with van der Waals surface area (Å²) in [6.45, 7) is 10.7. The highest BCUT2D eigenvalue weighted by Gasteiger charge is 2.43. The number of aliphatic hydroxyl groups is 1. The minimum absolute atomic E-state index is 0.00752. The summed E-state index contributed by atoms with van der Waals surface area (Å²) in [5.41, 5.74) is 0.589. The number of likely N-dealkylation sites (tertiary alicyclic amines) is 1. The third-order valence-electron chi connectivity index (χ3n) is 6.70. The number of amides is 2. The molecule has 2 aliphatic heterocycles. The Balaban J connectivity index is 0.000000926. The molecule has 2 aliphatic rings. The van der Waals surface area contributed by atoms with Crippen LogP contribution in [0.4, 0.5) is 0 Å². The van der Waals surface area contributed by atoms with Gasteiger partial charge >= 0.3 is 0 Å². The van der Waals surface area contributed by atoms with Crippen molar-refractivity contribution in [2.24, 2.45) is 5.92 Å². The molecule has 5 atom stereocenters. The van der Waals surface area contributed by atoms with Gasteiger partial charge < -0.3 is 20.8 Å². The second kappa shape index (κ2) is 13.5. The van der Waals surface area contributed by atoms with Crippen molar-refractivity contribution in [1.82, 2.24) is 15.5 Å². The molecule has 38 heavy (non-hydrogen) atoms. The van der Waals surface area contributed by atoms with Gasteiger partial charge in [0.15, 0.2) is 0 Å². The van der Waals surface area contributed by atoms with Crippen molar-refractivity contribution >= 4 is 33.7 Å². The van der Waals surface area contributed by atoms with Crippen LogP contribution in [0.2, 0.25) is 0 Å². The lowest BCUT2D eigenvalue weighted by Crippen LogP contribution is -2.60. The first-order valence-electron chi connectivity index (χ1n) is 12.9. The third-order valence-corrected chi connectivity index (χ3v) is 8.18. The molecule has 1 aromatic rings. The number of carbonyl (C=O) groups excluding carboxylic acids is 2. The predicted molar refractivity (Wildman–Crippen MR) is 150 cm³/mol. The number of β-amino-alcohol motifs (C(OH)–C–C–N with tert-alkyl or cyclic N) is 1. The number of hydrogen-bond donors (Lipinski definition) is 5. The number of fused-ring (bicyclic) bond motifs is 1. The van der Waals surface area contributed by atoms with Gasteiger partial charge in [0.05, 0.1) is 24.4 Å². The smallest absolute Gasteiger partial charge is 0.261 e. The maximum Gasteiger partial charge on any atom is 0.261 e. The number of nitrogens with one attached hydrogen (secondary N) is 2. The molecule has 2 amide bonds. The minimum atomic E-state index is -3.67. The fourth-order valence-corrected chi connectivity index (χ4v) is 6.39. The molecule has 0 aliphatic carbocycles. The molecule has 1 aromatic carbocycles. The number of piperidine rings is 1. The second-order valence-electron chi connectivity index (χ2n) is 11.1. The van der Waals surface area contributed by atoms with E-state index in [9.17, 15) is 28.2 Å². The van der Waals surface area contributed by atoms with Gasteiger partial charge in [-0.25, -0.2) is 0 Å². The van der Waals surface area contributed by atoms with Gasteiger partial charge in [0.1, 0.15) is 5.75 Å². The van der Waals surface area contributed by atoms with Crippen LogP contribution in [0.5, 0.6) is 5.75 Å².